The average Bonchev–Trinajstić information content (AvgIpc) is 2.61. The van der Waals surface area contributed by atoms with Crippen LogP contribution in [0.1, 0.15) is 5.82 Å². The van der Waals surface area contributed by atoms with Gasteiger partial charge >= 0.3 is 5.08 Å². The number of rotatable bonds is 4. The van der Waals surface area contributed by atoms with Crippen LogP contribution in [0.15, 0.2) is 42.5 Å². The molecule has 24 heavy (non-hydrogen) atoms. The first kappa shape index (κ1) is 15.5. The minimum Gasteiger partial charge on any atom is -0.497 e. The molecule has 1 aromatic heterocycles. The number of nitrogens with zero attached hydrogens (tertiary/aromatic N) is 5. The van der Waals surface area contributed by atoms with E-state index in [0.717, 1.165) is 28.2 Å². The van der Waals surface area contributed by atoms with Crippen molar-refractivity contribution in [3.05, 3.63) is 53.4 Å². The van der Waals surface area contributed by atoms with E-state index in [-0.39, 0.29) is 0 Å². The van der Waals surface area contributed by atoms with Crippen molar-refractivity contribution in [2.45, 2.75) is 6.92 Å². The molecule has 0 spiro atoms. The van der Waals surface area contributed by atoms with Crippen molar-refractivity contribution in [2.75, 3.05) is 24.5 Å². The number of anilines is 3. The van der Waals surface area contributed by atoms with Crippen LogP contribution in [0.4, 0.5) is 17.2 Å². The third-order valence-electron chi connectivity index (χ3n) is 3.74. The highest BCUT2D eigenvalue weighted by Crippen LogP contribution is 2.31. The van der Waals surface area contributed by atoms with Crippen LogP contribution in [0, 0.1) is 12.3 Å². The number of hydrogen-bond donors (Lipinski definition) is 1. The second-order valence-electron chi connectivity index (χ2n) is 5.30. The molecule has 0 aliphatic rings. The number of benzene rings is 2. The molecule has 7 heteroatoms. The summed E-state index contributed by atoms with van der Waals surface area (Å²) in [5.74, 6) is 2.25. The summed E-state index contributed by atoms with van der Waals surface area (Å²) in [5, 5.41) is 12.5. The zero-order chi connectivity index (χ0) is 17.1. The topological polar surface area (TPSA) is 78.4 Å². The number of nitrogens with one attached hydrogen (secondary N) is 1. The van der Waals surface area contributed by atoms with Gasteiger partial charge in [0.2, 0.25) is 0 Å². The zero-order valence-corrected chi connectivity index (χ0v) is 13.7. The number of aryl methyl sites for hydroxylation is 1. The zero-order valence-electron chi connectivity index (χ0n) is 13.7. The number of ether oxygens (including phenoxy) is 1. The average molecular weight is 321 g/mol. The predicted molar refractivity (Wildman–Crippen MR) is 94.0 cm³/mol. The molecule has 3 aromatic rings. The predicted octanol–water partition coefficient (Wildman–Crippen LogP) is 3.89. The maximum Gasteiger partial charge on any atom is 0.308 e. The van der Waals surface area contributed by atoms with Gasteiger partial charge in [0.15, 0.2) is 0 Å². The minimum atomic E-state index is 0.654. The van der Waals surface area contributed by atoms with Crippen LogP contribution in [0.3, 0.4) is 0 Å². The Bertz CT molecular complexity index is 917. The molecule has 2 aromatic carbocycles. The van der Waals surface area contributed by atoms with E-state index in [9.17, 15) is 0 Å². The van der Waals surface area contributed by atoms with E-state index in [1.165, 1.54) is 0 Å². The molecule has 0 bridgehead atoms. The molecule has 0 aliphatic carbocycles. The fourth-order valence-electron chi connectivity index (χ4n) is 2.54. The van der Waals surface area contributed by atoms with Crippen molar-refractivity contribution in [3.8, 4) is 5.75 Å². The van der Waals surface area contributed by atoms with E-state index in [4.69, 9.17) is 10.1 Å². The van der Waals surface area contributed by atoms with Crippen molar-refractivity contribution in [1.29, 1.82) is 5.39 Å². The lowest BCUT2D eigenvalue weighted by atomic mass is 10.2. The van der Waals surface area contributed by atoms with Crippen molar-refractivity contribution < 1.29 is 4.74 Å². The molecule has 1 heterocycles. The summed E-state index contributed by atoms with van der Waals surface area (Å²) in [4.78, 5) is 11.0. The van der Waals surface area contributed by atoms with E-state index in [1.54, 1.807) is 13.2 Å². The number of methoxy groups -OCH3 is 1. The highest BCUT2D eigenvalue weighted by molar-refractivity contribution is 5.93. The normalized spacial score (nSPS) is 10.2. The molecular weight excluding hydrogens is 304 g/mol. The van der Waals surface area contributed by atoms with E-state index in [1.807, 2.05) is 55.3 Å². The smallest absolute Gasteiger partial charge is 0.308 e. The van der Waals surface area contributed by atoms with Crippen molar-refractivity contribution >= 4 is 28.1 Å². The van der Waals surface area contributed by atoms with E-state index in [0.29, 0.717) is 11.5 Å². The van der Waals surface area contributed by atoms with Crippen LogP contribution in [0.5, 0.6) is 5.75 Å². The Labute approximate surface area is 139 Å². The Morgan fingerprint density at radius 3 is 2.54 bits per heavy atom. The minimum absolute atomic E-state index is 0.654. The summed E-state index contributed by atoms with van der Waals surface area (Å²) in [6, 6.07) is 13.2. The standard InChI is InChI=1S/C17H17N6O/c1-11-19-16-9-4-12(21-22-18)10-15(16)17(20-11)23(2)13-5-7-14(24-3)8-6-13/h4-10,21H,1-3H3/q+1. The summed E-state index contributed by atoms with van der Waals surface area (Å²) in [6.07, 6.45) is 0. The van der Waals surface area contributed by atoms with Gasteiger partial charge in [-0.3, -0.25) is 0 Å². The molecular formula is C17H17N6O+. The summed E-state index contributed by atoms with van der Waals surface area (Å²) in [5.41, 5.74) is 4.97. The van der Waals surface area contributed by atoms with Crippen LogP contribution < -0.4 is 15.1 Å². The molecule has 0 saturated heterocycles. The number of hydrogen-bond acceptors (Lipinski definition) is 6. The van der Waals surface area contributed by atoms with Gasteiger partial charge in [-0.05, 0) is 54.8 Å². The van der Waals surface area contributed by atoms with Crippen molar-refractivity contribution in [3.63, 3.8) is 0 Å². The first-order valence-corrected chi connectivity index (χ1v) is 7.38. The Balaban J connectivity index is 2.11. The molecule has 0 amide bonds. The molecule has 0 saturated carbocycles. The first-order chi connectivity index (χ1) is 11.6. The van der Waals surface area contributed by atoms with Crippen molar-refractivity contribution in [1.82, 2.24) is 9.97 Å². The van der Waals surface area contributed by atoms with Crippen LogP contribution in [0.25, 0.3) is 16.0 Å². The molecule has 120 valence electrons. The molecule has 0 fully saturated rings. The van der Waals surface area contributed by atoms with Gasteiger partial charge in [-0.1, -0.05) is 0 Å². The third kappa shape index (κ3) is 2.90. The summed E-state index contributed by atoms with van der Waals surface area (Å²) >= 11 is 0. The Morgan fingerprint density at radius 1 is 1.12 bits per heavy atom. The first-order valence-electron chi connectivity index (χ1n) is 7.38. The quantitative estimate of drug-likeness (QED) is 0.580. The second kappa shape index (κ2) is 6.38. The summed E-state index contributed by atoms with van der Waals surface area (Å²) in [6.45, 7) is 1.86. The van der Waals surface area contributed by atoms with Crippen LogP contribution in [0.2, 0.25) is 0 Å². The monoisotopic (exact) mass is 321 g/mol. The lowest BCUT2D eigenvalue weighted by molar-refractivity contribution is 0.415. The van der Waals surface area contributed by atoms with Gasteiger partial charge in [-0.25, -0.2) is 9.97 Å². The summed E-state index contributed by atoms with van der Waals surface area (Å²) < 4.78 is 5.20. The Hall–Kier alpha value is -3.40. The highest BCUT2D eigenvalue weighted by atomic mass is 16.5. The molecule has 0 aliphatic heterocycles. The molecule has 0 atom stereocenters. The van der Waals surface area contributed by atoms with E-state index >= 15 is 0 Å². The van der Waals surface area contributed by atoms with Crippen LogP contribution in [-0.4, -0.2) is 24.1 Å². The molecule has 1 N–H and O–H groups in total. The molecule has 0 unspecified atom stereocenters. The number of diazo groups is 1. The molecule has 0 radical (unpaired) electrons. The van der Waals surface area contributed by atoms with Crippen molar-refractivity contribution in [2.24, 2.45) is 0 Å². The maximum absolute atomic E-state index is 8.70. The highest BCUT2D eigenvalue weighted by Gasteiger charge is 2.13. The van der Waals surface area contributed by atoms with Crippen LogP contribution in [-0.2, 0) is 0 Å². The van der Waals surface area contributed by atoms with Gasteiger partial charge in [0.25, 0.3) is 5.39 Å². The largest absolute Gasteiger partial charge is 0.497 e. The van der Waals surface area contributed by atoms with E-state index in [2.05, 4.69) is 20.5 Å². The Morgan fingerprint density at radius 2 is 1.88 bits per heavy atom. The van der Waals surface area contributed by atoms with Gasteiger partial charge in [-0.15, -0.1) is 0 Å². The van der Waals surface area contributed by atoms with Gasteiger partial charge in [-0.2, -0.15) is 0 Å². The molecule has 7 nitrogen and oxygen atoms in total. The third-order valence-corrected chi connectivity index (χ3v) is 3.74. The summed E-state index contributed by atoms with van der Waals surface area (Å²) in [7, 11) is 3.58. The maximum atomic E-state index is 8.70. The van der Waals surface area contributed by atoms with Gasteiger partial charge < -0.3 is 9.64 Å². The van der Waals surface area contributed by atoms with Gasteiger partial charge in [0.1, 0.15) is 23.1 Å². The van der Waals surface area contributed by atoms with E-state index < -0.39 is 0 Å². The number of fused-ring (bicyclic) bond motifs is 1. The molecule has 3 rings (SSSR count). The fourth-order valence-corrected chi connectivity index (χ4v) is 2.54. The van der Waals surface area contributed by atoms with Gasteiger partial charge in [0.05, 0.1) is 12.6 Å². The number of aromatic nitrogens is 2. The second-order valence-corrected chi connectivity index (χ2v) is 5.30. The fraction of sp³-hybridized carbons (Fsp3) is 0.176. The lowest BCUT2D eigenvalue weighted by Gasteiger charge is -2.20. The van der Waals surface area contributed by atoms with Gasteiger partial charge in [0, 0.05) is 18.1 Å². The SMILES string of the molecule is COc1ccc(N(C)c2nc(C)nc3ccc(N[N+]#N)cc23)cc1. The Kier molecular flexibility index (Phi) is 4.12. The van der Waals surface area contributed by atoms with Crippen LogP contribution >= 0.6 is 0 Å². The lowest BCUT2D eigenvalue weighted by Crippen LogP contribution is -2.13.